The van der Waals surface area contributed by atoms with Crippen LogP contribution in [-0.4, -0.2) is 146 Å². The Hall–Kier alpha value is -2.87. The van der Waals surface area contributed by atoms with E-state index in [4.69, 9.17) is 0 Å². The fourth-order valence-electron chi connectivity index (χ4n) is 4.10. The Morgan fingerprint density at radius 1 is 0.744 bits per heavy atom. The molecule has 2 aliphatic heterocycles. The summed E-state index contributed by atoms with van der Waals surface area (Å²) in [4.78, 5) is 30.8. The van der Waals surface area contributed by atoms with Gasteiger partial charge < -0.3 is 14.9 Å². The lowest BCUT2D eigenvalue weighted by atomic mass is 10.3. The predicted octanol–water partition coefficient (Wildman–Crippen LogP) is -0.0520. The van der Waals surface area contributed by atoms with Crippen molar-refractivity contribution in [2.75, 3.05) is 90.3 Å². The van der Waals surface area contributed by atoms with Gasteiger partial charge in [0.25, 0.3) is 20.4 Å². The molecule has 1 N–H and O–H groups in total. The van der Waals surface area contributed by atoms with Gasteiger partial charge in [0.1, 0.15) is 17.7 Å². The summed E-state index contributed by atoms with van der Waals surface area (Å²) in [6.45, 7) is 5.39. The van der Waals surface area contributed by atoms with Gasteiger partial charge in [-0.15, -0.1) is 0 Å². The fourth-order valence-corrected chi connectivity index (χ4v) is 6.27. The third kappa shape index (κ3) is 9.56. The standard InChI is InChI=1S/C12H21N5O3S.C11H17N5O3S.2CH4/c1-10(18)12-13-5-4-11(14-12)16-6-8-17(9-7-16)21(19,20)15(2)3;1-14(2)20(18,19)16-7-5-15(6-8-16)11-3-4-12-10(9-17)13-11;;/h4-5,10,18H,6-9H2,1-3H3;3-4,9H,5-8H2,1-2H3;2*1H4/t10-;;;/m1.../s1. The summed E-state index contributed by atoms with van der Waals surface area (Å²) in [5.74, 6) is 1.86. The molecule has 43 heavy (non-hydrogen) atoms. The number of carbonyl (C=O) groups excluding carboxylic acids is 1. The Morgan fingerprint density at radius 2 is 1.14 bits per heavy atom. The molecule has 4 heterocycles. The summed E-state index contributed by atoms with van der Waals surface area (Å²) >= 11 is 0. The number of rotatable bonds is 8. The number of aliphatic hydroxyl groups is 1. The van der Waals surface area contributed by atoms with Gasteiger partial charge >= 0.3 is 0 Å². The zero-order valence-corrected chi connectivity index (χ0v) is 25.5. The predicted molar refractivity (Wildman–Crippen MR) is 166 cm³/mol. The number of anilines is 2. The van der Waals surface area contributed by atoms with Crippen molar-refractivity contribution in [3.05, 3.63) is 36.2 Å². The van der Waals surface area contributed by atoms with Crippen molar-refractivity contribution in [2.24, 2.45) is 0 Å². The third-order valence-electron chi connectivity index (χ3n) is 6.50. The average molecular weight is 647 g/mol. The summed E-state index contributed by atoms with van der Waals surface area (Å²) in [5, 5.41) is 9.52. The number of nitrogens with zero attached hydrogens (tertiary/aromatic N) is 10. The second kappa shape index (κ2) is 16.3. The van der Waals surface area contributed by atoms with Gasteiger partial charge in [0.2, 0.25) is 0 Å². The van der Waals surface area contributed by atoms with Gasteiger partial charge in [-0.1, -0.05) is 14.9 Å². The third-order valence-corrected chi connectivity index (χ3v) is 10.4. The Balaban J connectivity index is 0.000000411. The summed E-state index contributed by atoms with van der Waals surface area (Å²) < 4.78 is 53.4. The summed E-state index contributed by atoms with van der Waals surface area (Å²) in [6, 6.07) is 3.48. The van der Waals surface area contributed by atoms with Crippen molar-refractivity contribution >= 4 is 38.3 Å². The molecule has 0 bridgehead atoms. The van der Waals surface area contributed by atoms with E-state index in [1.807, 2.05) is 9.80 Å². The van der Waals surface area contributed by atoms with Gasteiger partial charge in [-0.25, -0.2) is 19.9 Å². The lowest BCUT2D eigenvalue weighted by Gasteiger charge is -2.35. The summed E-state index contributed by atoms with van der Waals surface area (Å²) in [7, 11) is -0.637. The minimum atomic E-state index is -3.37. The van der Waals surface area contributed by atoms with Gasteiger partial charge in [-0.3, -0.25) is 4.79 Å². The molecule has 0 amide bonds. The molecule has 4 rings (SSSR count). The molecule has 0 radical (unpaired) electrons. The normalized spacial score (nSPS) is 17.4. The molecule has 0 spiro atoms. The molecule has 2 fully saturated rings. The fraction of sp³-hybridized carbons (Fsp3) is 0.640. The highest BCUT2D eigenvalue weighted by Gasteiger charge is 2.30. The van der Waals surface area contributed by atoms with Crippen molar-refractivity contribution in [1.29, 1.82) is 0 Å². The van der Waals surface area contributed by atoms with Crippen LogP contribution in [0.2, 0.25) is 0 Å². The van der Waals surface area contributed by atoms with E-state index in [1.165, 1.54) is 51.6 Å². The van der Waals surface area contributed by atoms with E-state index in [1.54, 1.807) is 25.3 Å². The Morgan fingerprint density at radius 3 is 1.51 bits per heavy atom. The van der Waals surface area contributed by atoms with E-state index >= 15 is 0 Å². The molecule has 0 unspecified atom stereocenters. The first-order chi connectivity index (χ1) is 19.3. The molecule has 16 nitrogen and oxygen atoms in total. The number of hydrogen-bond acceptors (Lipinski definition) is 12. The monoisotopic (exact) mass is 646 g/mol. The van der Waals surface area contributed by atoms with Crippen LogP contribution in [0.15, 0.2) is 24.5 Å². The molecule has 2 aromatic heterocycles. The zero-order valence-electron chi connectivity index (χ0n) is 23.9. The van der Waals surface area contributed by atoms with Crippen LogP contribution in [0.3, 0.4) is 0 Å². The number of aliphatic hydroxyl groups excluding tert-OH is 1. The Labute approximate surface area is 256 Å². The van der Waals surface area contributed by atoms with Crippen LogP contribution in [-0.2, 0) is 20.4 Å². The van der Waals surface area contributed by atoms with Crippen molar-refractivity contribution in [2.45, 2.75) is 27.9 Å². The van der Waals surface area contributed by atoms with E-state index in [9.17, 15) is 26.7 Å². The lowest BCUT2D eigenvalue weighted by Crippen LogP contribution is -2.51. The molecule has 2 aromatic rings. The van der Waals surface area contributed by atoms with Crippen LogP contribution in [0.4, 0.5) is 11.6 Å². The molecule has 0 aromatic carbocycles. The molecule has 0 aliphatic carbocycles. The summed E-state index contributed by atoms with van der Waals surface area (Å²) in [6.07, 6.45) is 3.00. The minimum Gasteiger partial charge on any atom is -0.385 e. The molecular formula is C25H46N10O6S2. The number of aromatic nitrogens is 4. The topological polar surface area (TPSA) is 177 Å². The van der Waals surface area contributed by atoms with Gasteiger partial charge in [0, 0.05) is 92.9 Å². The van der Waals surface area contributed by atoms with Crippen molar-refractivity contribution in [3.8, 4) is 0 Å². The van der Waals surface area contributed by atoms with E-state index in [2.05, 4.69) is 19.9 Å². The van der Waals surface area contributed by atoms with Gasteiger partial charge in [0.15, 0.2) is 17.9 Å². The van der Waals surface area contributed by atoms with Crippen LogP contribution < -0.4 is 9.80 Å². The SMILES string of the molecule is C.C.CN(C)S(=O)(=O)N1CCN(c2ccnc(C=O)n2)CC1.C[C@@H](O)c1nccc(N2CCN(S(=O)(=O)N(C)C)CC2)n1. The van der Waals surface area contributed by atoms with E-state index < -0.39 is 26.5 Å². The molecule has 2 aliphatic rings. The maximum Gasteiger partial charge on any atom is 0.281 e. The number of hydrogen-bond donors (Lipinski definition) is 1. The van der Waals surface area contributed by atoms with E-state index in [-0.39, 0.29) is 20.7 Å². The lowest BCUT2D eigenvalue weighted by molar-refractivity contribution is 0.111. The quantitative estimate of drug-likeness (QED) is 0.379. The van der Waals surface area contributed by atoms with Crippen molar-refractivity contribution in [3.63, 3.8) is 0 Å². The first-order valence-electron chi connectivity index (χ1n) is 12.9. The molecular weight excluding hydrogens is 600 g/mol. The van der Waals surface area contributed by atoms with Crippen molar-refractivity contribution < 1.29 is 26.7 Å². The first-order valence-corrected chi connectivity index (χ1v) is 15.7. The van der Waals surface area contributed by atoms with Gasteiger partial charge in [-0.2, -0.15) is 34.1 Å². The Kier molecular flexibility index (Phi) is 14.4. The smallest absolute Gasteiger partial charge is 0.281 e. The Bertz CT molecular complexity index is 1380. The van der Waals surface area contributed by atoms with Crippen LogP contribution in [0.1, 0.15) is 44.3 Å². The second-order valence-corrected chi connectivity index (χ2v) is 14.0. The average Bonchev–Trinajstić information content (AvgIpc) is 2.97. The number of aldehydes is 1. The van der Waals surface area contributed by atoms with E-state index in [0.29, 0.717) is 76.1 Å². The highest BCUT2D eigenvalue weighted by atomic mass is 32.2. The maximum atomic E-state index is 12.0. The molecule has 1 atom stereocenters. The molecule has 0 saturated carbocycles. The molecule has 2 saturated heterocycles. The highest BCUT2D eigenvalue weighted by molar-refractivity contribution is 7.87. The molecule has 18 heteroatoms. The van der Waals surface area contributed by atoms with Gasteiger partial charge in [0.05, 0.1) is 0 Å². The van der Waals surface area contributed by atoms with Gasteiger partial charge in [-0.05, 0) is 19.1 Å². The van der Waals surface area contributed by atoms with Crippen LogP contribution >= 0.6 is 0 Å². The van der Waals surface area contributed by atoms with Crippen molar-refractivity contribution in [1.82, 2.24) is 37.2 Å². The van der Waals surface area contributed by atoms with Crippen LogP contribution in [0, 0.1) is 0 Å². The first kappa shape index (κ1) is 38.2. The number of piperazine rings is 2. The van der Waals surface area contributed by atoms with E-state index in [0.717, 1.165) is 0 Å². The highest BCUT2D eigenvalue weighted by Crippen LogP contribution is 2.18. The van der Waals surface area contributed by atoms with Crippen LogP contribution in [0.25, 0.3) is 0 Å². The largest absolute Gasteiger partial charge is 0.385 e. The zero-order chi connectivity index (χ0) is 30.4. The maximum absolute atomic E-state index is 12.0. The van der Waals surface area contributed by atoms with Crippen LogP contribution in [0.5, 0.6) is 0 Å². The summed E-state index contributed by atoms with van der Waals surface area (Å²) in [5.41, 5.74) is 0. The second-order valence-electron chi connectivity index (χ2n) is 9.69. The number of carbonyl (C=O) groups is 1. The molecule has 244 valence electrons. The minimum absolute atomic E-state index is 0.